The van der Waals surface area contributed by atoms with Gasteiger partial charge in [0.15, 0.2) is 5.79 Å². The van der Waals surface area contributed by atoms with Gasteiger partial charge in [0.05, 0.1) is 18.8 Å². The number of piperidine rings is 1. The van der Waals surface area contributed by atoms with E-state index in [0.29, 0.717) is 31.9 Å². The molecule has 136 valence electrons. The molecule has 2 aliphatic heterocycles. The summed E-state index contributed by atoms with van der Waals surface area (Å²) in [6, 6.07) is 11.8. The molecule has 0 unspecified atom stereocenters. The molecule has 1 spiro atoms. The Labute approximate surface area is 153 Å². The second kappa shape index (κ2) is 7.05. The predicted molar refractivity (Wildman–Crippen MR) is 98.5 cm³/mol. The molecule has 1 amide bonds. The van der Waals surface area contributed by atoms with Gasteiger partial charge in [-0.1, -0.05) is 17.7 Å². The van der Waals surface area contributed by atoms with E-state index in [-0.39, 0.29) is 5.91 Å². The van der Waals surface area contributed by atoms with Crippen LogP contribution < -0.4 is 5.32 Å². The van der Waals surface area contributed by atoms with Crippen LogP contribution in [0.5, 0.6) is 0 Å². The third-order valence-corrected chi connectivity index (χ3v) is 4.96. The van der Waals surface area contributed by atoms with Crippen molar-refractivity contribution in [3.63, 3.8) is 0 Å². The van der Waals surface area contributed by atoms with Crippen molar-refractivity contribution >= 4 is 17.4 Å². The second-order valence-electron chi connectivity index (χ2n) is 6.82. The molecule has 0 saturated carbocycles. The highest BCUT2D eigenvalue weighted by atomic mass is 16.7. The molecule has 6 heteroatoms. The second-order valence-corrected chi connectivity index (χ2v) is 6.82. The number of aromatic nitrogens is 1. The van der Waals surface area contributed by atoms with Crippen LogP contribution in [0.2, 0.25) is 0 Å². The van der Waals surface area contributed by atoms with Gasteiger partial charge in [0.2, 0.25) is 0 Å². The minimum Gasteiger partial charge on any atom is -0.347 e. The Morgan fingerprint density at radius 3 is 2.38 bits per heavy atom. The minimum absolute atomic E-state index is 0.00670. The highest BCUT2D eigenvalue weighted by Gasteiger charge is 2.40. The summed E-state index contributed by atoms with van der Waals surface area (Å²) in [5.41, 5.74) is 2.78. The molecule has 0 radical (unpaired) electrons. The fourth-order valence-corrected chi connectivity index (χ4v) is 3.40. The molecular weight excluding hydrogens is 330 g/mol. The number of amides is 1. The molecule has 1 aromatic carbocycles. The van der Waals surface area contributed by atoms with Crippen LogP contribution >= 0.6 is 0 Å². The van der Waals surface area contributed by atoms with Crippen molar-refractivity contribution in [1.29, 1.82) is 0 Å². The number of aryl methyl sites for hydroxylation is 1. The van der Waals surface area contributed by atoms with E-state index in [4.69, 9.17) is 9.47 Å². The molecule has 1 aromatic heterocycles. The maximum atomic E-state index is 12.7. The fourth-order valence-electron chi connectivity index (χ4n) is 3.40. The van der Waals surface area contributed by atoms with E-state index in [1.54, 1.807) is 6.20 Å². The van der Waals surface area contributed by atoms with Gasteiger partial charge in [0.25, 0.3) is 5.91 Å². The number of nitrogens with zero attached hydrogens (tertiary/aromatic N) is 2. The first-order chi connectivity index (χ1) is 12.6. The fraction of sp³-hybridized carbons (Fsp3) is 0.400. The lowest BCUT2D eigenvalue weighted by Gasteiger charge is -2.37. The number of carbonyl (C=O) groups is 1. The summed E-state index contributed by atoms with van der Waals surface area (Å²) in [5.74, 6) is 0.264. The van der Waals surface area contributed by atoms with Crippen LogP contribution in [0.25, 0.3) is 0 Å². The standard InChI is InChI=1S/C20H23N3O3/c1-15-2-5-17(6-3-15)22-18-7-4-16(14-21-18)19(24)23-10-8-20(9-11-23)25-12-13-26-20/h2-7,14H,8-13H2,1H3,(H,21,22). The van der Waals surface area contributed by atoms with Crippen LogP contribution in [0.15, 0.2) is 42.6 Å². The number of hydrogen-bond acceptors (Lipinski definition) is 5. The van der Waals surface area contributed by atoms with Crippen LogP contribution in [0.4, 0.5) is 11.5 Å². The number of hydrogen-bond donors (Lipinski definition) is 1. The summed E-state index contributed by atoms with van der Waals surface area (Å²) < 4.78 is 11.4. The Morgan fingerprint density at radius 2 is 1.77 bits per heavy atom. The Kier molecular flexibility index (Phi) is 4.61. The first-order valence-electron chi connectivity index (χ1n) is 9.01. The van der Waals surface area contributed by atoms with Gasteiger partial charge >= 0.3 is 0 Å². The molecule has 26 heavy (non-hydrogen) atoms. The Morgan fingerprint density at radius 1 is 1.08 bits per heavy atom. The van der Waals surface area contributed by atoms with Crippen molar-refractivity contribution in [2.75, 3.05) is 31.6 Å². The topological polar surface area (TPSA) is 63.7 Å². The smallest absolute Gasteiger partial charge is 0.255 e. The molecule has 6 nitrogen and oxygen atoms in total. The quantitative estimate of drug-likeness (QED) is 0.919. The molecule has 2 fully saturated rings. The van der Waals surface area contributed by atoms with Crippen molar-refractivity contribution in [2.45, 2.75) is 25.6 Å². The van der Waals surface area contributed by atoms with E-state index in [1.807, 2.05) is 41.3 Å². The molecule has 0 atom stereocenters. The predicted octanol–water partition coefficient (Wildman–Crippen LogP) is 3.11. The van der Waals surface area contributed by atoms with Crippen molar-refractivity contribution in [3.05, 3.63) is 53.7 Å². The van der Waals surface area contributed by atoms with Gasteiger partial charge in [-0.25, -0.2) is 4.98 Å². The lowest BCUT2D eigenvalue weighted by atomic mass is 10.0. The van der Waals surface area contributed by atoms with E-state index in [0.717, 1.165) is 24.3 Å². The van der Waals surface area contributed by atoms with Crippen LogP contribution in [0.3, 0.4) is 0 Å². The highest BCUT2D eigenvalue weighted by molar-refractivity contribution is 5.94. The van der Waals surface area contributed by atoms with Gasteiger partial charge in [-0.3, -0.25) is 4.79 Å². The lowest BCUT2D eigenvalue weighted by Crippen LogP contribution is -2.47. The molecule has 4 rings (SSSR count). The zero-order valence-corrected chi connectivity index (χ0v) is 14.9. The average molecular weight is 353 g/mol. The zero-order chi connectivity index (χ0) is 18.0. The number of pyridine rings is 1. The van der Waals surface area contributed by atoms with Crippen LogP contribution in [0, 0.1) is 6.92 Å². The van der Waals surface area contributed by atoms with Crippen molar-refractivity contribution in [2.24, 2.45) is 0 Å². The first kappa shape index (κ1) is 17.0. The number of ether oxygens (including phenoxy) is 2. The maximum Gasteiger partial charge on any atom is 0.255 e. The Balaban J connectivity index is 1.37. The van der Waals surface area contributed by atoms with Crippen LogP contribution in [-0.4, -0.2) is 47.9 Å². The minimum atomic E-state index is -0.461. The summed E-state index contributed by atoms with van der Waals surface area (Å²) in [7, 11) is 0. The van der Waals surface area contributed by atoms with Gasteiger partial charge in [-0.15, -0.1) is 0 Å². The van der Waals surface area contributed by atoms with Gasteiger partial charge in [0.1, 0.15) is 5.82 Å². The molecule has 2 aliphatic rings. The molecule has 0 aliphatic carbocycles. The van der Waals surface area contributed by atoms with Gasteiger partial charge in [-0.2, -0.15) is 0 Å². The van der Waals surface area contributed by atoms with E-state index in [1.165, 1.54) is 5.56 Å². The molecular formula is C20H23N3O3. The summed E-state index contributed by atoms with van der Waals surface area (Å²) in [4.78, 5) is 18.9. The molecule has 2 aromatic rings. The number of likely N-dealkylation sites (tertiary alicyclic amines) is 1. The Bertz CT molecular complexity index is 758. The number of carbonyl (C=O) groups excluding carboxylic acids is 1. The highest BCUT2D eigenvalue weighted by Crippen LogP contribution is 2.31. The van der Waals surface area contributed by atoms with Crippen LogP contribution in [-0.2, 0) is 9.47 Å². The van der Waals surface area contributed by atoms with E-state index in [2.05, 4.69) is 17.2 Å². The van der Waals surface area contributed by atoms with Crippen molar-refractivity contribution < 1.29 is 14.3 Å². The van der Waals surface area contributed by atoms with Crippen molar-refractivity contribution in [3.8, 4) is 0 Å². The number of anilines is 2. The lowest BCUT2D eigenvalue weighted by molar-refractivity contribution is -0.181. The third-order valence-electron chi connectivity index (χ3n) is 4.96. The molecule has 3 heterocycles. The molecule has 2 saturated heterocycles. The number of benzene rings is 1. The monoisotopic (exact) mass is 353 g/mol. The average Bonchev–Trinajstić information content (AvgIpc) is 3.12. The zero-order valence-electron chi connectivity index (χ0n) is 14.9. The normalized spacial score (nSPS) is 18.9. The van der Waals surface area contributed by atoms with Crippen molar-refractivity contribution in [1.82, 2.24) is 9.88 Å². The van der Waals surface area contributed by atoms with E-state index < -0.39 is 5.79 Å². The first-order valence-corrected chi connectivity index (χ1v) is 9.01. The number of nitrogens with one attached hydrogen (secondary N) is 1. The third kappa shape index (κ3) is 3.57. The summed E-state index contributed by atoms with van der Waals surface area (Å²) in [6.45, 7) is 4.63. The Hall–Kier alpha value is -2.44. The molecule has 0 bridgehead atoms. The van der Waals surface area contributed by atoms with Gasteiger partial charge in [0, 0.05) is 37.8 Å². The summed E-state index contributed by atoms with van der Waals surface area (Å²) >= 11 is 0. The number of rotatable bonds is 3. The largest absolute Gasteiger partial charge is 0.347 e. The molecule has 1 N–H and O–H groups in total. The summed E-state index contributed by atoms with van der Waals surface area (Å²) in [6.07, 6.45) is 3.07. The maximum absolute atomic E-state index is 12.7. The van der Waals surface area contributed by atoms with Gasteiger partial charge in [-0.05, 0) is 31.2 Å². The summed E-state index contributed by atoms with van der Waals surface area (Å²) in [5, 5.41) is 3.24. The SMILES string of the molecule is Cc1ccc(Nc2ccc(C(=O)N3CCC4(CC3)OCCO4)cn2)cc1. The van der Waals surface area contributed by atoms with E-state index in [9.17, 15) is 4.79 Å². The van der Waals surface area contributed by atoms with Crippen LogP contribution in [0.1, 0.15) is 28.8 Å². The van der Waals surface area contributed by atoms with Gasteiger partial charge < -0.3 is 19.7 Å². The van der Waals surface area contributed by atoms with E-state index >= 15 is 0 Å².